The van der Waals surface area contributed by atoms with Crippen LogP contribution >= 0.6 is 0 Å². The molecule has 0 radical (unpaired) electrons. The molecule has 98 valence electrons. The second-order valence-electron chi connectivity index (χ2n) is 4.21. The molecule has 0 saturated heterocycles. The summed E-state index contributed by atoms with van der Waals surface area (Å²) in [6.45, 7) is 2.00. The summed E-state index contributed by atoms with van der Waals surface area (Å²) >= 11 is 0. The van der Waals surface area contributed by atoms with Crippen molar-refractivity contribution in [3.05, 3.63) is 59.9 Å². The molecule has 2 aromatic carbocycles. The van der Waals surface area contributed by atoms with Crippen LogP contribution in [0, 0.1) is 5.82 Å². The van der Waals surface area contributed by atoms with Crippen molar-refractivity contribution >= 4 is 17.3 Å². The molecule has 0 aromatic heterocycles. The summed E-state index contributed by atoms with van der Waals surface area (Å²) < 4.78 is 13.5. The zero-order valence-electron chi connectivity index (χ0n) is 10.6. The van der Waals surface area contributed by atoms with Crippen molar-refractivity contribution in [2.75, 3.05) is 10.6 Å². The van der Waals surface area contributed by atoms with Gasteiger partial charge in [-0.25, -0.2) is 4.39 Å². The molecule has 2 N–H and O–H groups in total. The van der Waals surface area contributed by atoms with Gasteiger partial charge >= 0.3 is 0 Å². The molecule has 19 heavy (non-hydrogen) atoms. The number of carbonyl (C=O) groups is 1. The van der Waals surface area contributed by atoms with Gasteiger partial charge in [-0.15, -0.1) is 0 Å². The van der Waals surface area contributed by atoms with Crippen LogP contribution in [0.2, 0.25) is 0 Å². The Balaban J connectivity index is 2.06. The minimum absolute atomic E-state index is 0.186. The van der Waals surface area contributed by atoms with E-state index in [1.165, 1.54) is 13.0 Å². The van der Waals surface area contributed by atoms with Crippen LogP contribution < -0.4 is 10.6 Å². The maximum Gasteiger partial charge on any atom is 0.221 e. The summed E-state index contributed by atoms with van der Waals surface area (Å²) in [5.41, 5.74) is 2.08. The number of halogens is 1. The monoisotopic (exact) mass is 258 g/mol. The van der Waals surface area contributed by atoms with Crippen LogP contribution in [0.15, 0.2) is 48.5 Å². The van der Waals surface area contributed by atoms with Crippen LogP contribution in [-0.4, -0.2) is 5.91 Å². The van der Waals surface area contributed by atoms with Gasteiger partial charge in [-0.1, -0.05) is 30.3 Å². The molecule has 0 heterocycles. The van der Waals surface area contributed by atoms with E-state index in [1.54, 1.807) is 12.1 Å². The molecule has 4 heteroatoms. The van der Waals surface area contributed by atoms with Crippen molar-refractivity contribution in [3.63, 3.8) is 0 Å². The summed E-state index contributed by atoms with van der Waals surface area (Å²) in [6.07, 6.45) is 0. The molecule has 0 saturated carbocycles. The van der Waals surface area contributed by atoms with Gasteiger partial charge in [-0.3, -0.25) is 4.79 Å². The van der Waals surface area contributed by atoms with Crippen molar-refractivity contribution in [1.29, 1.82) is 0 Å². The third kappa shape index (κ3) is 3.81. The average Bonchev–Trinajstić information content (AvgIpc) is 2.40. The average molecular weight is 258 g/mol. The number of carbonyl (C=O) groups excluding carboxylic acids is 1. The predicted molar refractivity (Wildman–Crippen MR) is 74.5 cm³/mol. The fraction of sp³-hybridized carbons (Fsp3) is 0.133. The van der Waals surface area contributed by atoms with Crippen molar-refractivity contribution in [2.45, 2.75) is 13.5 Å². The van der Waals surface area contributed by atoms with Crippen molar-refractivity contribution in [2.24, 2.45) is 0 Å². The predicted octanol–water partition coefficient (Wildman–Crippen LogP) is 3.40. The van der Waals surface area contributed by atoms with Gasteiger partial charge in [0.15, 0.2) is 0 Å². The summed E-state index contributed by atoms with van der Waals surface area (Å²) in [5.74, 6) is -0.737. The second-order valence-corrected chi connectivity index (χ2v) is 4.21. The molecule has 0 fully saturated rings. The van der Waals surface area contributed by atoms with E-state index in [1.807, 2.05) is 30.3 Å². The first kappa shape index (κ1) is 13.1. The zero-order valence-corrected chi connectivity index (χ0v) is 10.6. The normalized spacial score (nSPS) is 10.0. The lowest BCUT2D eigenvalue weighted by molar-refractivity contribution is -0.114. The lowest BCUT2D eigenvalue weighted by Gasteiger charge is -2.09. The van der Waals surface area contributed by atoms with Gasteiger partial charge in [0.1, 0.15) is 5.82 Å². The molecule has 0 aliphatic carbocycles. The Morgan fingerprint density at radius 2 is 1.89 bits per heavy atom. The maximum absolute atomic E-state index is 13.5. The highest BCUT2D eigenvalue weighted by molar-refractivity contribution is 5.89. The fourth-order valence-electron chi connectivity index (χ4n) is 1.72. The SMILES string of the molecule is CC(=O)Nc1cc(NCc2ccccc2)ccc1F. The Labute approximate surface area is 111 Å². The summed E-state index contributed by atoms with van der Waals surface area (Å²) in [4.78, 5) is 11.0. The highest BCUT2D eigenvalue weighted by Crippen LogP contribution is 2.20. The molecule has 0 atom stereocenters. The molecular formula is C15H15FN2O. The Hall–Kier alpha value is -2.36. The Morgan fingerprint density at radius 1 is 1.16 bits per heavy atom. The van der Waals surface area contributed by atoms with Crippen molar-refractivity contribution in [3.8, 4) is 0 Å². The molecule has 0 aliphatic rings. The van der Waals surface area contributed by atoms with Gasteiger partial charge in [0.25, 0.3) is 0 Å². The Morgan fingerprint density at radius 3 is 2.58 bits per heavy atom. The summed E-state index contributed by atoms with van der Waals surface area (Å²) in [6, 6.07) is 14.4. The van der Waals surface area contributed by atoms with Gasteiger partial charge in [0.2, 0.25) is 5.91 Å². The largest absolute Gasteiger partial charge is 0.381 e. The number of nitrogens with one attached hydrogen (secondary N) is 2. The van der Waals surface area contributed by atoms with Crippen LogP contribution in [0.5, 0.6) is 0 Å². The molecule has 0 unspecified atom stereocenters. The maximum atomic E-state index is 13.5. The summed E-state index contributed by atoms with van der Waals surface area (Å²) in [5, 5.41) is 5.64. The molecular weight excluding hydrogens is 243 g/mol. The molecule has 0 aliphatic heterocycles. The number of benzene rings is 2. The van der Waals surface area contributed by atoms with Gasteiger partial charge < -0.3 is 10.6 Å². The van der Waals surface area contributed by atoms with Crippen LogP contribution in [0.4, 0.5) is 15.8 Å². The van der Waals surface area contributed by atoms with Crippen LogP contribution in [0.3, 0.4) is 0 Å². The van der Waals surface area contributed by atoms with E-state index < -0.39 is 5.82 Å². The number of hydrogen-bond acceptors (Lipinski definition) is 2. The highest BCUT2D eigenvalue weighted by atomic mass is 19.1. The van der Waals surface area contributed by atoms with Gasteiger partial charge in [-0.05, 0) is 23.8 Å². The fourth-order valence-corrected chi connectivity index (χ4v) is 1.72. The van der Waals surface area contributed by atoms with Gasteiger partial charge in [0.05, 0.1) is 5.69 Å². The lowest BCUT2D eigenvalue weighted by Crippen LogP contribution is -2.08. The smallest absolute Gasteiger partial charge is 0.221 e. The molecule has 0 bridgehead atoms. The number of amides is 1. The van der Waals surface area contributed by atoms with E-state index in [2.05, 4.69) is 10.6 Å². The minimum Gasteiger partial charge on any atom is -0.381 e. The van der Waals surface area contributed by atoms with E-state index >= 15 is 0 Å². The first-order valence-electron chi connectivity index (χ1n) is 6.00. The molecule has 1 amide bonds. The van der Waals surface area contributed by atoms with Crippen molar-refractivity contribution in [1.82, 2.24) is 0 Å². The van der Waals surface area contributed by atoms with Crippen molar-refractivity contribution < 1.29 is 9.18 Å². The Bertz CT molecular complexity index is 570. The summed E-state index contributed by atoms with van der Waals surface area (Å²) in [7, 11) is 0. The lowest BCUT2D eigenvalue weighted by atomic mass is 10.2. The minimum atomic E-state index is -0.444. The highest BCUT2D eigenvalue weighted by Gasteiger charge is 2.04. The third-order valence-corrected chi connectivity index (χ3v) is 2.62. The van der Waals surface area contributed by atoms with E-state index in [4.69, 9.17) is 0 Å². The number of hydrogen-bond donors (Lipinski definition) is 2. The molecule has 0 spiro atoms. The van der Waals surface area contributed by atoms with E-state index in [0.29, 0.717) is 6.54 Å². The van der Waals surface area contributed by atoms with Gasteiger partial charge in [-0.2, -0.15) is 0 Å². The first-order chi connectivity index (χ1) is 9.15. The van der Waals surface area contributed by atoms with E-state index in [9.17, 15) is 9.18 Å². The van der Waals surface area contributed by atoms with E-state index in [-0.39, 0.29) is 11.6 Å². The quantitative estimate of drug-likeness (QED) is 0.882. The van der Waals surface area contributed by atoms with E-state index in [0.717, 1.165) is 11.3 Å². The number of anilines is 2. The third-order valence-electron chi connectivity index (χ3n) is 2.62. The van der Waals surface area contributed by atoms with Crippen LogP contribution in [0.25, 0.3) is 0 Å². The topological polar surface area (TPSA) is 41.1 Å². The van der Waals surface area contributed by atoms with Crippen LogP contribution in [-0.2, 0) is 11.3 Å². The second kappa shape index (κ2) is 6.00. The number of rotatable bonds is 4. The van der Waals surface area contributed by atoms with Crippen LogP contribution in [0.1, 0.15) is 12.5 Å². The van der Waals surface area contributed by atoms with Gasteiger partial charge in [0, 0.05) is 19.2 Å². The zero-order chi connectivity index (χ0) is 13.7. The molecule has 3 nitrogen and oxygen atoms in total. The molecule has 2 rings (SSSR count). The standard InChI is InChI=1S/C15H15FN2O/c1-11(19)18-15-9-13(7-8-14(15)16)17-10-12-5-3-2-4-6-12/h2-9,17H,10H2,1H3,(H,18,19). The molecule has 2 aromatic rings. The first-order valence-corrected chi connectivity index (χ1v) is 6.00. The Kier molecular flexibility index (Phi) is 4.13.